The van der Waals surface area contributed by atoms with Crippen LogP contribution in [0, 0.1) is 6.92 Å². The van der Waals surface area contributed by atoms with Crippen molar-refractivity contribution in [3.05, 3.63) is 53.5 Å². The van der Waals surface area contributed by atoms with Gasteiger partial charge in [0.15, 0.2) is 0 Å². The maximum absolute atomic E-state index is 11.2. The molecule has 5 heteroatoms. The first-order chi connectivity index (χ1) is 9.58. The molecule has 5 nitrogen and oxygen atoms in total. The summed E-state index contributed by atoms with van der Waals surface area (Å²) in [4.78, 5) is 21.7. The standard InChI is InChI=1S/C15H17N3O2/c1-11-6-7-13(15(19)20)14(17-11)18(2)10-8-12-5-3-4-9-16-12/h3-7,9H,8,10H2,1-2H3,(H,19,20). The molecule has 2 heterocycles. The molecule has 0 amide bonds. The van der Waals surface area contributed by atoms with Crippen molar-refractivity contribution in [3.8, 4) is 0 Å². The van der Waals surface area contributed by atoms with E-state index in [1.165, 1.54) is 0 Å². The molecule has 2 rings (SSSR count). The van der Waals surface area contributed by atoms with Crippen molar-refractivity contribution in [1.29, 1.82) is 0 Å². The van der Waals surface area contributed by atoms with Gasteiger partial charge in [-0.25, -0.2) is 9.78 Å². The first-order valence-corrected chi connectivity index (χ1v) is 6.40. The van der Waals surface area contributed by atoms with Crippen molar-refractivity contribution >= 4 is 11.8 Å². The van der Waals surface area contributed by atoms with Crippen LogP contribution in [-0.4, -0.2) is 34.6 Å². The molecule has 0 aliphatic rings. The van der Waals surface area contributed by atoms with E-state index in [4.69, 9.17) is 0 Å². The highest BCUT2D eigenvalue weighted by molar-refractivity contribution is 5.93. The van der Waals surface area contributed by atoms with Crippen molar-refractivity contribution < 1.29 is 9.90 Å². The number of carboxylic acid groups (broad SMARTS) is 1. The van der Waals surface area contributed by atoms with Crippen LogP contribution in [0.1, 0.15) is 21.7 Å². The Bertz CT molecular complexity index is 599. The Kier molecular flexibility index (Phi) is 4.30. The Labute approximate surface area is 117 Å². The van der Waals surface area contributed by atoms with Gasteiger partial charge in [-0.1, -0.05) is 6.07 Å². The first-order valence-electron chi connectivity index (χ1n) is 6.40. The fourth-order valence-electron chi connectivity index (χ4n) is 1.94. The normalized spacial score (nSPS) is 10.3. The van der Waals surface area contributed by atoms with E-state index < -0.39 is 5.97 Å². The Balaban J connectivity index is 2.14. The van der Waals surface area contributed by atoms with Crippen LogP contribution in [0.3, 0.4) is 0 Å². The predicted octanol–water partition coefficient (Wildman–Crippen LogP) is 2.16. The molecule has 0 aliphatic carbocycles. The highest BCUT2D eigenvalue weighted by Crippen LogP contribution is 2.17. The van der Waals surface area contributed by atoms with E-state index in [1.807, 2.05) is 37.1 Å². The molecular weight excluding hydrogens is 254 g/mol. The molecule has 0 saturated heterocycles. The molecule has 2 aromatic heterocycles. The van der Waals surface area contributed by atoms with Gasteiger partial charge in [0.1, 0.15) is 11.4 Å². The molecule has 0 fully saturated rings. The van der Waals surface area contributed by atoms with Gasteiger partial charge in [0.05, 0.1) is 0 Å². The monoisotopic (exact) mass is 271 g/mol. The van der Waals surface area contributed by atoms with Crippen molar-refractivity contribution in [2.24, 2.45) is 0 Å². The van der Waals surface area contributed by atoms with Crippen LogP contribution < -0.4 is 4.90 Å². The highest BCUT2D eigenvalue weighted by atomic mass is 16.4. The number of pyridine rings is 2. The molecule has 104 valence electrons. The average molecular weight is 271 g/mol. The zero-order valence-electron chi connectivity index (χ0n) is 11.6. The van der Waals surface area contributed by atoms with Crippen molar-refractivity contribution in [2.45, 2.75) is 13.3 Å². The quantitative estimate of drug-likeness (QED) is 0.902. The minimum Gasteiger partial charge on any atom is -0.478 e. The molecule has 2 aromatic rings. The van der Waals surface area contributed by atoms with Crippen LogP contribution in [0.5, 0.6) is 0 Å². The van der Waals surface area contributed by atoms with Gasteiger partial charge >= 0.3 is 5.97 Å². The molecule has 0 spiro atoms. The maximum Gasteiger partial charge on any atom is 0.339 e. The summed E-state index contributed by atoms with van der Waals surface area (Å²) in [6.45, 7) is 2.51. The number of carbonyl (C=O) groups is 1. The number of anilines is 1. The van der Waals surface area contributed by atoms with Crippen LogP contribution in [0.4, 0.5) is 5.82 Å². The molecular formula is C15H17N3O2. The molecule has 0 aromatic carbocycles. The minimum absolute atomic E-state index is 0.221. The minimum atomic E-state index is -0.961. The second-order valence-electron chi connectivity index (χ2n) is 4.62. The summed E-state index contributed by atoms with van der Waals surface area (Å²) in [6, 6.07) is 9.07. The van der Waals surface area contributed by atoms with Gasteiger partial charge in [0, 0.05) is 37.6 Å². The van der Waals surface area contributed by atoms with E-state index in [2.05, 4.69) is 9.97 Å². The van der Waals surface area contributed by atoms with Gasteiger partial charge in [-0.2, -0.15) is 0 Å². The Morgan fingerprint density at radius 1 is 1.30 bits per heavy atom. The number of hydrogen-bond donors (Lipinski definition) is 1. The summed E-state index contributed by atoms with van der Waals surface area (Å²) < 4.78 is 0. The summed E-state index contributed by atoms with van der Waals surface area (Å²) in [5.74, 6) is -0.467. The highest BCUT2D eigenvalue weighted by Gasteiger charge is 2.15. The van der Waals surface area contributed by atoms with Crippen LogP contribution in [0.25, 0.3) is 0 Å². The number of aromatic nitrogens is 2. The molecule has 20 heavy (non-hydrogen) atoms. The van der Waals surface area contributed by atoms with Gasteiger partial charge in [-0.3, -0.25) is 4.98 Å². The zero-order chi connectivity index (χ0) is 14.5. The SMILES string of the molecule is Cc1ccc(C(=O)O)c(N(C)CCc2ccccn2)n1. The number of hydrogen-bond acceptors (Lipinski definition) is 4. The molecule has 0 atom stereocenters. The van der Waals surface area contributed by atoms with Crippen LogP contribution >= 0.6 is 0 Å². The van der Waals surface area contributed by atoms with Gasteiger partial charge < -0.3 is 10.0 Å². The summed E-state index contributed by atoms with van der Waals surface area (Å²) in [6.07, 6.45) is 2.49. The van der Waals surface area contributed by atoms with Crippen molar-refractivity contribution in [3.63, 3.8) is 0 Å². The van der Waals surface area contributed by atoms with Gasteiger partial charge in [0.2, 0.25) is 0 Å². The van der Waals surface area contributed by atoms with Crippen molar-refractivity contribution in [2.75, 3.05) is 18.5 Å². The Morgan fingerprint density at radius 3 is 2.75 bits per heavy atom. The summed E-state index contributed by atoms with van der Waals surface area (Å²) in [5, 5.41) is 9.21. The van der Waals surface area contributed by atoms with Gasteiger partial charge in [-0.15, -0.1) is 0 Å². The van der Waals surface area contributed by atoms with E-state index in [1.54, 1.807) is 18.3 Å². The smallest absolute Gasteiger partial charge is 0.339 e. The molecule has 0 radical (unpaired) electrons. The number of aromatic carboxylic acids is 1. The fourth-order valence-corrected chi connectivity index (χ4v) is 1.94. The zero-order valence-corrected chi connectivity index (χ0v) is 11.6. The number of carboxylic acids is 1. The first kappa shape index (κ1) is 14.0. The van der Waals surface area contributed by atoms with E-state index in [0.29, 0.717) is 12.4 Å². The third kappa shape index (κ3) is 3.32. The van der Waals surface area contributed by atoms with Crippen LogP contribution in [0.15, 0.2) is 36.5 Å². The number of nitrogens with zero attached hydrogens (tertiary/aromatic N) is 3. The average Bonchev–Trinajstić information content (AvgIpc) is 2.45. The second-order valence-corrected chi connectivity index (χ2v) is 4.62. The molecule has 0 aliphatic heterocycles. The van der Waals surface area contributed by atoms with Gasteiger partial charge in [0.25, 0.3) is 0 Å². The topological polar surface area (TPSA) is 66.3 Å². The number of aryl methyl sites for hydroxylation is 1. The molecule has 1 N–H and O–H groups in total. The Morgan fingerprint density at radius 2 is 2.10 bits per heavy atom. The molecule has 0 bridgehead atoms. The summed E-state index contributed by atoms with van der Waals surface area (Å²) in [5.41, 5.74) is 2.00. The Hall–Kier alpha value is -2.43. The van der Waals surface area contributed by atoms with E-state index >= 15 is 0 Å². The van der Waals surface area contributed by atoms with E-state index in [-0.39, 0.29) is 5.56 Å². The number of likely N-dealkylation sites (N-methyl/N-ethyl adjacent to an activating group) is 1. The largest absolute Gasteiger partial charge is 0.478 e. The third-order valence-corrected chi connectivity index (χ3v) is 3.04. The van der Waals surface area contributed by atoms with Crippen molar-refractivity contribution in [1.82, 2.24) is 9.97 Å². The second kappa shape index (κ2) is 6.14. The lowest BCUT2D eigenvalue weighted by Gasteiger charge is -2.20. The van der Waals surface area contributed by atoms with Gasteiger partial charge in [-0.05, 0) is 31.2 Å². The lowest BCUT2D eigenvalue weighted by Crippen LogP contribution is -2.24. The fraction of sp³-hybridized carbons (Fsp3) is 0.267. The number of rotatable bonds is 5. The van der Waals surface area contributed by atoms with Crippen LogP contribution in [-0.2, 0) is 6.42 Å². The predicted molar refractivity (Wildman–Crippen MR) is 77.1 cm³/mol. The lowest BCUT2D eigenvalue weighted by molar-refractivity contribution is 0.0697. The summed E-state index contributed by atoms with van der Waals surface area (Å²) in [7, 11) is 1.84. The summed E-state index contributed by atoms with van der Waals surface area (Å²) >= 11 is 0. The molecule has 0 saturated carbocycles. The van der Waals surface area contributed by atoms with Crippen LogP contribution in [0.2, 0.25) is 0 Å². The third-order valence-electron chi connectivity index (χ3n) is 3.04. The molecule has 0 unspecified atom stereocenters. The van der Waals surface area contributed by atoms with E-state index in [9.17, 15) is 9.90 Å². The maximum atomic E-state index is 11.2. The van der Waals surface area contributed by atoms with E-state index in [0.717, 1.165) is 17.8 Å². The lowest BCUT2D eigenvalue weighted by atomic mass is 10.2.